The summed E-state index contributed by atoms with van der Waals surface area (Å²) in [6.07, 6.45) is 4.27. The maximum atomic E-state index is 11.3. The van der Waals surface area contributed by atoms with E-state index in [9.17, 15) is 4.79 Å². The molecule has 0 radical (unpaired) electrons. The molecule has 0 aliphatic carbocycles. The molecule has 4 heteroatoms. The highest BCUT2D eigenvalue weighted by molar-refractivity contribution is 6.77. The zero-order valence-corrected chi connectivity index (χ0v) is 16.8. The number of rotatable bonds is 10. The van der Waals surface area contributed by atoms with Gasteiger partial charge in [0, 0.05) is 12.7 Å². The van der Waals surface area contributed by atoms with Crippen LogP contribution in [0.4, 0.5) is 0 Å². The summed E-state index contributed by atoms with van der Waals surface area (Å²) < 4.78 is 11.5. The van der Waals surface area contributed by atoms with Gasteiger partial charge in [0.25, 0.3) is 0 Å². The van der Waals surface area contributed by atoms with E-state index >= 15 is 0 Å². The van der Waals surface area contributed by atoms with Gasteiger partial charge in [0.15, 0.2) is 8.32 Å². The van der Waals surface area contributed by atoms with Crippen LogP contribution in [0.15, 0.2) is 12.2 Å². The molecule has 0 bridgehead atoms. The summed E-state index contributed by atoms with van der Waals surface area (Å²) in [7, 11) is -1.78. The topological polar surface area (TPSA) is 35.5 Å². The van der Waals surface area contributed by atoms with Crippen LogP contribution in [0.1, 0.15) is 61.8 Å². The lowest BCUT2D eigenvalue weighted by atomic mass is 10.1. The summed E-state index contributed by atoms with van der Waals surface area (Å²) in [4.78, 5) is 11.3. The molecule has 0 unspecified atom stereocenters. The molecule has 0 aromatic carbocycles. The molecule has 3 nitrogen and oxygen atoms in total. The number of esters is 1. The molecule has 0 spiro atoms. The molecule has 0 amide bonds. The second-order valence-corrected chi connectivity index (χ2v) is 12.6. The standard InChI is InChI=1S/C18H36O3Si/c1-9-20-18(19)12-10-11-17(8)13-21-22(14(2)3,15(4)5)16(6)7/h10,12,14-17H,9,11,13H2,1-8H3/b12-10+/t17-/m0/s1. The van der Waals surface area contributed by atoms with Crippen molar-refractivity contribution in [2.45, 2.75) is 78.4 Å². The van der Waals surface area contributed by atoms with Gasteiger partial charge in [0.2, 0.25) is 0 Å². The van der Waals surface area contributed by atoms with Crippen molar-refractivity contribution < 1.29 is 14.0 Å². The fourth-order valence-electron chi connectivity index (χ4n) is 3.44. The van der Waals surface area contributed by atoms with E-state index in [0.29, 0.717) is 29.1 Å². The molecule has 0 aromatic heterocycles. The first kappa shape index (κ1) is 21.4. The van der Waals surface area contributed by atoms with Crippen molar-refractivity contribution in [3.63, 3.8) is 0 Å². The Hall–Kier alpha value is -0.613. The molecule has 0 heterocycles. The highest BCUT2D eigenvalue weighted by Crippen LogP contribution is 2.42. The van der Waals surface area contributed by atoms with Gasteiger partial charge in [-0.1, -0.05) is 54.5 Å². The molecule has 0 fully saturated rings. The van der Waals surface area contributed by atoms with E-state index < -0.39 is 8.32 Å². The van der Waals surface area contributed by atoms with Gasteiger partial charge >= 0.3 is 5.97 Å². The summed E-state index contributed by atoms with van der Waals surface area (Å²) >= 11 is 0. The Kier molecular flexibility index (Phi) is 9.93. The lowest BCUT2D eigenvalue weighted by molar-refractivity contribution is -0.137. The Morgan fingerprint density at radius 1 is 1.00 bits per heavy atom. The molecule has 0 rings (SSSR count). The van der Waals surface area contributed by atoms with Gasteiger partial charge in [0.1, 0.15) is 0 Å². The molecule has 0 saturated carbocycles. The van der Waals surface area contributed by atoms with Gasteiger partial charge in [-0.3, -0.25) is 0 Å². The summed E-state index contributed by atoms with van der Waals surface area (Å²) in [6.45, 7) is 19.0. The minimum absolute atomic E-state index is 0.258. The van der Waals surface area contributed by atoms with E-state index in [1.807, 2.05) is 13.0 Å². The van der Waals surface area contributed by atoms with E-state index in [-0.39, 0.29) is 5.97 Å². The summed E-state index contributed by atoms with van der Waals surface area (Å²) in [5.74, 6) is 0.152. The van der Waals surface area contributed by atoms with Crippen LogP contribution < -0.4 is 0 Å². The third-order valence-corrected chi connectivity index (χ3v) is 10.5. The molecule has 0 aliphatic heterocycles. The van der Waals surface area contributed by atoms with E-state index in [0.717, 1.165) is 13.0 Å². The van der Waals surface area contributed by atoms with Crippen LogP contribution >= 0.6 is 0 Å². The average molecular weight is 329 g/mol. The average Bonchev–Trinajstić information content (AvgIpc) is 2.38. The highest BCUT2D eigenvalue weighted by Gasteiger charge is 2.45. The molecule has 0 aliphatic rings. The summed E-state index contributed by atoms with van der Waals surface area (Å²) in [6, 6.07) is 0. The SMILES string of the molecule is CCOC(=O)/C=C/C[C@H](C)CO[Si](C(C)C)(C(C)C)C(C)C. The van der Waals surface area contributed by atoms with E-state index in [1.54, 1.807) is 0 Å². The van der Waals surface area contributed by atoms with Gasteiger partial charge in [-0.05, 0) is 35.9 Å². The zero-order valence-electron chi connectivity index (χ0n) is 15.8. The molecule has 0 aromatic rings. The summed E-state index contributed by atoms with van der Waals surface area (Å²) in [5.41, 5.74) is 1.82. The van der Waals surface area contributed by atoms with Gasteiger partial charge < -0.3 is 9.16 Å². The minimum atomic E-state index is -1.78. The van der Waals surface area contributed by atoms with Gasteiger partial charge in [-0.2, -0.15) is 0 Å². The Morgan fingerprint density at radius 3 is 1.91 bits per heavy atom. The Balaban J connectivity index is 4.57. The Morgan fingerprint density at radius 2 is 1.50 bits per heavy atom. The molecule has 0 N–H and O–H groups in total. The van der Waals surface area contributed by atoms with Crippen molar-refractivity contribution in [3.05, 3.63) is 12.2 Å². The molecule has 1 atom stereocenters. The van der Waals surface area contributed by atoms with Crippen LogP contribution in [0.5, 0.6) is 0 Å². The monoisotopic (exact) mass is 328 g/mol. The minimum Gasteiger partial charge on any atom is -0.463 e. The molecule has 22 heavy (non-hydrogen) atoms. The van der Waals surface area contributed by atoms with Gasteiger partial charge in [-0.25, -0.2) is 4.79 Å². The molecule has 130 valence electrons. The van der Waals surface area contributed by atoms with Crippen molar-refractivity contribution in [2.24, 2.45) is 5.92 Å². The highest BCUT2D eigenvalue weighted by atomic mass is 28.4. The predicted octanol–water partition coefficient (Wildman–Crippen LogP) is 5.32. The first-order chi connectivity index (χ1) is 10.2. The van der Waals surface area contributed by atoms with E-state index in [1.165, 1.54) is 6.08 Å². The molecule has 0 saturated heterocycles. The van der Waals surface area contributed by atoms with Crippen LogP contribution in [0.2, 0.25) is 16.6 Å². The van der Waals surface area contributed by atoms with Gasteiger partial charge in [0.05, 0.1) is 6.61 Å². The third kappa shape index (κ3) is 6.25. The van der Waals surface area contributed by atoms with Crippen molar-refractivity contribution in [3.8, 4) is 0 Å². The second-order valence-electron chi connectivity index (χ2n) is 7.12. The number of carbonyl (C=O) groups is 1. The molecular formula is C18H36O3Si. The smallest absolute Gasteiger partial charge is 0.330 e. The van der Waals surface area contributed by atoms with Crippen LogP contribution in [0.25, 0.3) is 0 Å². The zero-order chi connectivity index (χ0) is 17.3. The van der Waals surface area contributed by atoms with Crippen molar-refractivity contribution in [2.75, 3.05) is 13.2 Å². The van der Waals surface area contributed by atoms with E-state index in [4.69, 9.17) is 9.16 Å². The third-order valence-electron chi connectivity index (χ3n) is 4.40. The van der Waals surface area contributed by atoms with E-state index in [2.05, 4.69) is 48.5 Å². The van der Waals surface area contributed by atoms with Crippen molar-refractivity contribution in [1.82, 2.24) is 0 Å². The second kappa shape index (κ2) is 10.2. The number of allylic oxidation sites excluding steroid dienone is 1. The lowest BCUT2D eigenvalue weighted by Crippen LogP contribution is -2.48. The normalized spacial score (nSPS) is 14.3. The molecular weight excluding hydrogens is 292 g/mol. The fourth-order valence-corrected chi connectivity index (χ4v) is 9.01. The fraction of sp³-hybridized carbons (Fsp3) is 0.833. The Labute approximate surface area is 138 Å². The number of carbonyl (C=O) groups excluding carboxylic acids is 1. The maximum Gasteiger partial charge on any atom is 0.330 e. The van der Waals surface area contributed by atoms with Crippen LogP contribution in [-0.2, 0) is 14.0 Å². The first-order valence-corrected chi connectivity index (χ1v) is 10.8. The first-order valence-electron chi connectivity index (χ1n) is 8.65. The lowest BCUT2D eigenvalue weighted by Gasteiger charge is -2.42. The Bertz CT molecular complexity index is 326. The van der Waals surface area contributed by atoms with Crippen LogP contribution in [0.3, 0.4) is 0 Å². The van der Waals surface area contributed by atoms with Crippen molar-refractivity contribution in [1.29, 1.82) is 0 Å². The quantitative estimate of drug-likeness (QED) is 0.309. The summed E-state index contributed by atoms with van der Waals surface area (Å²) in [5, 5.41) is 0. The van der Waals surface area contributed by atoms with Crippen molar-refractivity contribution >= 4 is 14.3 Å². The van der Waals surface area contributed by atoms with Crippen LogP contribution in [0, 0.1) is 5.92 Å². The largest absolute Gasteiger partial charge is 0.463 e. The number of hydrogen-bond acceptors (Lipinski definition) is 3. The predicted molar refractivity (Wildman–Crippen MR) is 96.6 cm³/mol. The van der Waals surface area contributed by atoms with Gasteiger partial charge in [-0.15, -0.1) is 0 Å². The van der Waals surface area contributed by atoms with Crippen LogP contribution in [-0.4, -0.2) is 27.5 Å². The maximum absolute atomic E-state index is 11.3. The number of hydrogen-bond donors (Lipinski definition) is 0. The number of ether oxygens (including phenoxy) is 1.